The Bertz CT molecular complexity index is 1070. The van der Waals surface area contributed by atoms with Crippen LogP contribution in [-0.2, 0) is 15.8 Å². The van der Waals surface area contributed by atoms with Crippen molar-refractivity contribution < 1.29 is 22.8 Å². The minimum Gasteiger partial charge on any atom is -0.338 e. The highest BCUT2D eigenvalue weighted by Gasteiger charge is 2.32. The molecule has 0 aromatic heterocycles. The molecule has 33 heavy (non-hydrogen) atoms. The second-order valence-corrected chi connectivity index (χ2v) is 8.71. The number of halogens is 3. The number of benzene rings is 1. The fourth-order valence-corrected chi connectivity index (χ4v) is 4.01. The van der Waals surface area contributed by atoms with E-state index in [1.54, 1.807) is 42.2 Å². The van der Waals surface area contributed by atoms with Crippen LogP contribution in [0.2, 0.25) is 0 Å². The Labute approximate surface area is 192 Å². The van der Waals surface area contributed by atoms with Crippen LogP contribution in [0.3, 0.4) is 0 Å². The first-order valence-electron chi connectivity index (χ1n) is 11.1. The SMILES string of the molecule is CC(=O)C(C)[C@H]1CCN(C(=O)C2=CC=C(/C=C/[C@@H](C)c3cccc(C(F)(F)F)c3)C=C=C2)C1. The van der Waals surface area contributed by atoms with Crippen LogP contribution in [0.1, 0.15) is 44.2 Å². The Balaban J connectivity index is 1.67. The van der Waals surface area contributed by atoms with E-state index in [4.69, 9.17) is 0 Å². The van der Waals surface area contributed by atoms with Gasteiger partial charge in [0.25, 0.3) is 5.91 Å². The van der Waals surface area contributed by atoms with Crippen molar-refractivity contribution in [3.05, 3.63) is 88.7 Å². The third-order valence-corrected chi connectivity index (χ3v) is 6.37. The number of ketones is 1. The Hall–Kier alpha value is -3.11. The molecule has 3 rings (SSSR count). The maximum absolute atomic E-state index is 13.0. The van der Waals surface area contributed by atoms with E-state index in [9.17, 15) is 22.8 Å². The lowest BCUT2D eigenvalue weighted by Crippen LogP contribution is -2.31. The van der Waals surface area contributed by atoms with Crippen molar-refractivity contribution in [1.29, 1.82) is 0 Å². The summed E-state index contributed by atoms with van der Waals surface area (Å²) in [4.78, 5) is 26.3. The highest BCUT2D eigenvalue weighted by atomic mass is 19.4. The average Bonchev–Trinajstić information content (AvgIpc) is 3.15. The summed E-state index contributed by atoms with van der Waals surface area (Å²) in [6.45, 7) is 6.53. The first-order valence-corrected chi connectivity index (χ1v) is 11.1. The van der Waals surface area contributed by atoms with Gasteiger partial charge in [0.1, 0.15) is 5.78 Å². The maximum atomic E-state index is 13.0. The molecular weight excluding hydrogens is 427 g/mol. The van der Waals surface area contributed by atoms with Crippen molar-refractivity contribution in [3.63, 3.8) is 0 Å². The van der Waals surface area contributed by atoms with Gasteiger partial charge in [-0.05, 0) is 60.6 Å². The van der Waals surface area contributed by atoms with E-state index >= 15 is 0 Å². The summed E-state index contributed by atoms with van der Waals surface area (Å²) in [5.74, 6) is -0.0401. The molecule has 1 aromatic carbocycles. The number of rotatable bonds is 6. The van der Waals surface area contributed by atoms with Crippen LogP contribution in [0.5, 0.6) is 0 Å². The highest BCUT2D eigenvalue weighted by Crippen LogP contribution is 2.31. The zero-order valence-corrected chi connectivity index (χ0v) is 19.0. The van der Waals surface area contributed by atoms with Crippen molar-refractivity contribution in [1.82, 2.24) is 4.90 Å². The van der Waals surface area contributed by atoms with Gasteiger partial charge in [-0.2, -0.15) is 13.2 Å². The summed E-state index contributed by atoms with van der Waals surface area (Å²) in [5, 5.41) is 0. The first-order chi connectivity index (χ1) is 15.6. The molecule has 3 nitrogen and oxygen atoms in total. The molecular formula is C27H28F3NO2. The molecule has 1 aromatic rings. The van der Waals surface area contributed by atoms with Crippen LogP contribution >= 0.6 is 0 Å². The van der Waals surface area contributed by atoms with E-state index in [2.05, 4.69) is 5.73 Å². The van der Waals surface area contributed by atoms with Crippen LogP contribution in [0.15, 0.2) is 77.6 Å². The van der Waals surface area contributed by atoms with Crippen LogP contribution < -0.4 is 0 Å². The summed E-state index contributed by atoms with van der Waals surface area (Å²) >= 11 is 0. The number of amides is 1. The van der Waals surface area contributed by atoms with Crippen LogP contribution in [0.4, 0.5) is 13.2 Å². The molecule has 1 fully saturated rings. The zero-order chi connectivity index (χ0) is 24.2. The number of carbonyl (C=O) groups is 2. The molecule has 1 heterocycles. The van der Waals surface area contributed by atoms with Gasteiger partial charge >= 0.3 is 6.18 Å². The van der Waals surface area contributed by atoms with Crippen molar-refractivity contribution in [3.8, 4) is 0 Å². The quantitative estimate of drug-likeness (QED) is 0.492. The molecule has 0 radical (unpaired) electrons. The fourth-order valence-electron chi connectivity index (χ4n) is 4.01. The van der Waals surface area contributed by atoms with Crippen LogP contribution in [0, 0.1) is 11.8 Å². The summed E-state index contributed by atoms with van der Waals surface area (Å²) in [5.41, 5.74) is 4.22. The number of likely N-dealkylation sites (tertiary alicyclic amines) is 1. The van der Waals surface area contributed by atoms with Gasteiger partial charge in [-0.15, -0.1) is 5.73 Å². The minimum absolute atomic E-state index is 0.0585. The van der Waals surface area contributed by atoms with Crippen molar-refractivity contribution in [2.45, 2.75) is 39.3 Å². The van der Waals surface area contributed by atoms with Gasteiger partial charge in [0.2, 0.25) is 0 Å². The molecule has 1 aliphatic carbocycles. The lowest BCUT2D eigenvalue weighted by atomic mass is 9.90. The number of nitrogens with zero attached hydrogens (tertiary/aromatic N) is 1. The maximum Gasteiger partial charge on any atom is 0.416 e. The van der Waals surface area contributed by atoms with Gasteiger partial charge in [0, 0.05) is 24.6 Å². The predicted molar refractivity (Wildman–Crippen MR) is 122 cm³/mol. The number of allylic oxidation sites excluding steroid dienone is 5. The third-order valence-electron chi connectivity index (χ3n) is 6.37. The lowest BCUT2D eigenvalue weighted by Gasteiger charge is -2.19. The zero-order valence-electron chi connectivity index (χ0n) is 19.0. The van der Waals surface area contributed by atoms with E-state index in [1.807, 2.05) is 26.0 Å². The Kier molecular flexibility index (Phi) is 7.60. The van der Waals surface area contributed by atoms with Crippen molar-refractivity contribution >= 4 is 11.7 Å². The molecule has 0 spiro atoms. The van der Waals surface area contributed by atoms with E-state index in [1.165, 1.54) is 12.1 Å². The summed E-state index contributed by atoms with van der Waals surface area (Å²) in [7, 11) is 0. The van der Waals surface area contributed by atoms with Crippen LogP contribution in [-0.4, -0.2) is 29.7 Å². The Morgan fingerprint density at radius 1 is 1.18 bits per heavy atom. The van der Waals surface area contributed by atoms with E-state index in [0.29, 0.717) is 24.2 Å². The Morgan fingerprint density at radius 3 is 2.64 bits per heavy atom. The lowest BCUT2D eigenvalue weighted by molar-refractivity contribution is -0.137. The van der Waals surface area contributed by atoms with Gasteiger partial charge < -0.3 is 4.90 Å². The normalized spacial score (nSPS) is 20.4. The second-order valence-electron chi connectivity index (χ2n) is 8.71. The predicted octanol–water partition coefficient (Wildman–Crippen LogP) is 6.02. The summed E-state index contributed by atoms with van der Waals surface area (Å²) in [6.07, 6.45) is 6.99. The smallest absolute Gasteiger partial charge is 0.338 e. The largest absolute Gasteiger partial charge is 0.416 e. The second kappa shape index (κ2) is 10.2. The standard InChI is InChI=1S/C27H28F3NO2/c1-18(23-8-5-9-25(16-23)27(28,29)30)10-11-21-6-4-7-22(13-12-21)26(33)31-15-14-24(17-31)19(2)20(3)32/h5-13,16,18-19,24H,14-15,17H2,1-3H3/b11-10+/t18-,19?,24+/m1/s1. The number of hydrogen-bond acceptors (Lipinski definition) is 2. The molecule has 1 amide bonds. The summed E-state index contributed by atoms with van der Waals surface area (Å²) < 4.78 is 38.9. The molecule has 0 saturated carbocycles. The highest BCUT2D eigenvalue weighted by molar-refractivity contribution is 5.97. The molecule has 1 saturated heterocycles. The number of carbonyl (C=O) groups excluding carboxylic acids is 2. The minimum atomic E-state index is -4.37. The number of alkyl halides is 3. The van der Waals surface area contributed by atoms with Crippen molar-refractivity contribution in [2.75, 3.05) is 13.1 Å². The van der Waals surface area contributed by atoms with Gasteiger partial charge in [-0.25, -0.2) is 0 Å². The van der Waals surface area contributed by atoms with E-state index in [-0.39, 0.29) is 29.4 Å². The third kappa shape index (κ3) is 6.23. The molecule has 6 heteroatoms. The van der Waals surface area contributed by atoms with Gasteiger partial charge in [0.05, 0.1) is 5.56 Å². The summed E-state index contributed by atoms with van der Waals surface area (Å²) in [6, 6.07) is 5.32. The molecule has 2 aliphatic rings. The Morgan fingerprint density at radius 2 is 1.94 bits per heavy atom. The van der Waals surface area contributed by atoms with Crippen molar-refractivity contribution in [2.24, 2.45) is 11.8 Å². The van der Waals surface area contributed by atoms with E-state index in [0.717, 1.165) is 18.1 Å². The molecule has 174 valence electrons. The number of Topliss-reactive ketones (excluding diaryl/α,β-unsaturated/α-hetero) is 1. The molecule has 1 unspecified atom stereocenters. The van der Waals surface area contributed by atoms with Gasteiger partial charge in [-0.3, -0.25) is 9.59 Å². The molecule has 0 bridgehead atoms. The van der Waals surface area contributed by atoms with E-state index < -0.39 is 11.7 Å². The molecule has 3 atom stereocenters. The van der Waals surface area contributed by atoms with Gasteiger partial charge in [0.15, 0.2) is 0 Å². The molecule has 0 N–H and O–H groups in total. The van der Waals surface area contributed by atoms with Crippen LogP contribution in [0.25, 0.3) is 0 Å². The number of hydrogen-bond donors (Lipinski definition) is 0. The average molecular weight is 456 g/mol. The van der Waals surface area contributed by atoms with Gasteiger partial charge in [-0.1, -0.05) is 50.3 Å². The fraction of sp³-hybridized carbons (Fsp3) is 0.370. The molecule has 1 aliphatic heterocycles. The first kappa shape index (κ1) is 24.5. The monoisotopic (exact) mass is 455 g/mol. The topological polar surface area (TPSA) is 37.4 Å².